The van der Waals surface area contributed by atoms with Gasteiger partial charge >= 0.3 is 0 Å². The van der Waals surface area contributed by atoms with Crippen LogP contribution in [0.15, 0.2) is 18.3 Å². The second kappa shape index (κ2) is 6.52. The van der Waals surface area contributed by atoms with Crippen LogP contribution in [0.3, 0.4) is 0 Å². The Hall–Kier alpha value is -1.62. The first kappa shape index (κ1) is 13.8. The Kier molecular flexibility index (Phi) is 4.74. The fourth-order valence-electron chi connectivity index (χ4n) is 2.32. The number of aromatic nitrogens is 1. The van der Waals surface area contributed by atoms with Crippen LogP contribution in [0.5, 0.6) is 5.88 Å². The fraction of sp³-hybridized carbons (Fsp3) is 0.571. The van der Waals surface area contributed by atoms with E-state index < -0.39 is 0 Å². The highest BCUT2D eigenvalue weighted by molar-refractivity contribution is 5.79. The van der Waals surface area contributed by atoms with E-state index in [1.807, 2.05) is 19.1 Å². The van der Waals surface area contributed by atoms with Crippen LogP contribution in [0, 0.1) is 5.92 Å². The lowest BCUT2D eigenvalue weighted by molar-refractivity contribution is -0.133. The number of pyridine rings is 1. The molecule has 2 rings (SSSR count). The predicted octanol–water partition coefficient (Wildman–Crippen LogP) is 1.52. The summed E-state index contributed by atoms with van der Waals surface area (Å²) in [6.07, 6.45) is 3.49. The molecule has 1 saturated heterocycles. The van der Waals surface area contributed by atoms with Crippen LogP contribution >= 0.6 is 0 Å². The Balaban J connectivity index is 1.92. The molecule has 5 nitrogen and oxygen atoms in total. The summed E-state index contributed by atoms with van der Waals surface area (Å²) in [7, 11) is 1.57. The van der Waals surface area contributed by atoms with E-state index in [-0.39, 0.29) is 17.9 Å². The third kappa shape index (κ3) is 3.44. The Morgan fingerprint density at radius 1 is 1.63 bits per heavy atom. The van der Waals surface area contributed by atoms with Crippen molar-refractivity contribution in [3.63, 3.8) is 0 Å². The number of carbonyl (C=O) groups excluding carboxylic acids is 1. The Bertz CT molecular complexity index is 436. The maximum absolute atomic E-state index is 12.1. The largest absolute Gasteiger partial charge is 0.481 e. The number of amides is 1. The number of rotatable bonds is 4. The van der Waals surface area contributed by atoms with Gasteiger partial charge in [0.1, 0.15) is 0 Å². The van der Waals surface area contributed by atoms with E-state index in [9.17, 15) is 4.79 Å². The molecule has 1 aliphatic rings. The van der Waals surface area contributed by atoms with E-state index in [4.69, 9.17) is 9.47 Å². The van der Waals surface area contributed by atoms with Crippen molar-refractivity contribution in [1.29, 1.82) is 0 Å². The van der Waals surface area contributed by atoms with Crippen molar-refractivity contribution in [2.75, 3.05) is 13.7 Å². The molecule has 1 fully saturated rings. The van der Waals surface area contributed by atoms with E-state index in [0.29, 0.717) is 12.4 Å². The number of nitrogens with one attached hydrogen (secondary N) is 1. The van der Waals surface area contributed by atoms with Gasteiger partial charge in [-0.05, 0) is 25.8 Å². The summed E-state index contributed by atoms with van der Waals surface area (Å²) < 4.78 is 10.7. The van der Waals surface area contributed by atoms with Crippen molar-refractivity contribution in [1.82, 2.24) is 10.3 Å². The normalized spacial score (nSPS) is 22.8. The molecular weight excluding hydrogens is 244 g/mol. The molecule has 0 unspecified atom stereocenters. The molecule has 0 radical (unpaired) electrons. The smallest absolute Gasteiger partial charge is 0.225 e. The van der Waals surface area contributed by atoms with E-state index in [1.54, 1.807) is 13.3 Å². The maximum atomic E-state index is 12.1. The van der Waals surface area contributed by atoms with Gasteiger partial charge in [-0.3, -0.25) is 4.79 Å². The van der Waals surface area contributed by atoms with Crippen molar-refractivity contribution in [2.24, 2.45) is 5.92 Å². The van der Waals surface area contributed by atoms with Gasteiger partial charge in [0.25, 0.3) is 0 Å². The number of ether oxygens (including phenoxy) is 2. The standard InChI is InChI=1S/C14H20N2O3/c1-10-12(6-4-8-19-10)13(17)16-9-11-5-3-7-15-14(11)18-2/h3,5,7,10,12H,4,6,8-9H2,1-2H3,(H,16,17)/t10-,12+/m1/s1. The number of hydrogen-bond donors (Lipinski definition) is 1. The number of methoxy groups -OCH3 is 1. The summed E-state index contributed by atoms with van der Waals surface area (Å²) in [6, 6.07) is 3.73. The third-order valence-electron chi connectivity index (χ3n) is 3.44. The zero-order valence-electron chi connectivity index (χ0n) is 11.4. The van der Waals surface area contributed by atoms with Crippen molar-refractivity contribution < 1.29 is 14.3 Å². The molecular formula is C14H20N2O3. The van der Waals surface area contributed by atoms with Crippen molar-refractivity contribution in [2.45, 2.75) is 32.4 Å². The Labute approximate surface area is 113 Å². The molecule has 1 aromatic rings. The molecule has 5 heteroatoms. The highest BCUT2D eigenvalue weighted by atomic mass is 16.5. The number of nitrogens with zero attached hydrogens (tertiary/aromatic N) is 1. The summed E-state index contributed by atoms with van der Waals surface area (Å²) in [6.45, 7) is 3.13. The molecule has 1 amide bonds. The van der Waals surface area contributed by atoms with Crippen molar-refractivity contribution in [3.8, 4) is 5.88 Å². The second-order valence-corrected chi connectivity index (χ2v) is 4.71. The van der Waals surface area contributed by atoms with Gasteiger partial charge in [0.15, 0.2) is 0 Å². The van der Waals surface area contributed by atoms with E-state index in [2.05, 4.69) is 10.3 Å². The molecule has 104 valence electrons. The molecule has 0 spiro atoms. The van der Waals surface area contributed by atoms with Gasteiger partial charge in [-0.25, -0.2) is 4.98 Å². The average Bonchev–Trinajstić information content (AvgIpc) is 2.45. The zero-order chi connectivity index (χ0) is 13.7. The first-order valence-corrected chi connectivity index (χ1v) is 6.59. The first-order valence-electron chi connectivity index (χ1n) is 6.59. The summed E-state index contributed by atoms with van der Waals surface area (Å²) in [5.74, 6) is 0.533. The molecule has 19 heavy (non-hydrogen) atoms. The van der Waals surface area contributed by atoms with Gasteiger partial charge in [-0.15, -0.1) is 0 Å². The lowest BCUT2D eigenvalue weighted by atomic mass is 9.94. The van der Waals surface area contributed by atoms with Crippen LogP contribution in [0.25, 0.3) is 0 Å². The Morgan fingerprint density at radius 2 is 2.47 bits per heavy atom. The molecule has 1 N–H and O–H groups in total. The highest BCUT2D eigenvalue weighted by Gasteiger charge is 2.28. The number of hydrogen-bond acceptors (Lipinski definition) is 4. The van der Waals surface area contributed by atoms with Gasteiger partial charge in [0, 0.05) is 24.9 Å². The molecule has 0 aromatic carbocycles. The van der Waals surface area contributed by atoms with Crippen LogP contribution in [-0.2, 0) is 16.1 Å². The van der Waals surface area contributed by atoms with Gasteiger partial charge in [0.2, 0.25) is 11.8 Å². The molecule has 1 aliphatic heterocycles. The fourth-order valence-corrected chi connectivity index (χ4v) is 2.32. The molecule has 0 saturated carbocycles. The lowest BCUT2D eigenvalue weighted by Gasteiger charge is -2.28. The summed E-state index contributed by atoms with van der Waals surface area (Å²) in [5.41, 5.74) is 0.878. The second-order valence-electron chi connectivity index (χ2n) is 4.71. The quantitative estimate of drug-likeness (QED) is 0.895. The minimum atomic E-state index is -0.0589. The average molecular weight is 264 g/mol. The molecule has 2 heterocycles. The van der Waals surface area contributed by atoms with E-state index in [0.717, 1.165) is 25.0 Å². The van der Waals surface area contributed by atoms with Crippen LogP contribution in [-0.4, -0.2) is 30.7 Å². The molecule has 1 aromatic heterocycles. The minimum Gasteiger partial charge on any atom is -0.481 e. The molecule has 0 bridgehead atoms. The monoisotopic (exact) mass is 264 g/mol. The third-order valence-corrected chi connectivity index (χ3v) is 3.44. The zero-order valence-corrected chi connectivity index (χ0v) is 11.4. The van der Waals surface area contributed by atoms with Crippen LogP contribution in [0.1, 0.15) is 25.3 Å². The van der Waals surface area contributed by atoms with Gasteiger partial charge in [-0.1, -0.05) is 6.07 Å². The topological polar surface area (TPSA) is 60.5 Å². The molecule has 2 atom stereocenters. The molecule has 0 aliphatic carbocycles. The van der Waals surface area contributed by atoms with Crippen LogP contribution < -0.4 is 10.1 Å². The summed E-state index contributed by atoms with van der Waals surface area (Å²) in [5, 5.41) is 2.93. The number of carbonyl (C=O) groups is 1. The van der Waals surface area contributed by atoms with Crippen LogP contribution in [0.4, 0.5) is 0 Å². The SMILES string of the molecule is COc1ncccc1CNC(=O)[C@H]1CCCO[C@@H]1C. The van der Waals surface area contributed by atoms with Crippen molar-refractivity contribution >= 4 is 5.91 Å². The summed E-state index contributed by atoms with van der Waals surface area (Å²) in [4.78, 5) is 16.2. The van der Waals surface area contributed by atoms with Gasteiger partial charge < -0.3 is 14.8 Å². The van der Waals surface area contributed by atoms with Crippen LogP contribution in [0.2, 0.25) is 0 Å². The van der Waals surface area contributed by atoms with Gasteiger partial charge in [-0.2, -0.15) is 0 Å². The van der Waals surface area contributed by atoms with Crippen molar-refractivity contribution in [3.05, 3.63) is 23.9 Å². The van der Waals surface area contributed by atoms with E-state index >= 15 is 0 Å². The van der Waals surface area contributed by atoms with Gasteiger partial charge in [0.05, 0.1) is 19.1 Å². The first-order chi connectivity index (χ1) is 9.22. The Morgan fingerprint density at radius 3 is 3.21 bits per heavy atom. The predicted molar refractivity (Wildman–Crippen MR) is 70.8 cm³/mol. The lowest BCUT2D eigenvalue weighted by Crippen LogP contribution is -2.39. The minimum absolute atomic E-state index is 0.00968. The maximum Gasteiger partial charge on any atom is 0.225 e. The summed E-state index contributed by atoms with van der Waals surface area (Å²) >= 11 is 0. The highest BCUT2D eigenvalue weighted by Crippen LogP contribution is 2.21. The van der Waals surface area contributed by atoms with E-state index in [1.165, 1.54) is 0 Å².